The number of benzene rings is 3. The minimum absolute atomic E-state index is 0.0751. The van der Waals surface area contributed by atoms with Gasteiger partial charge in [-0.2, -0.15) is 0 Å². The van der Waals surface area contributed by atoms with Crippen LogP contribution in [0, 0.1) is 12.7 Å². The fourth-order valence-electron chi connectivity index (χ4n) is 4.06. The Morgan fingerprint density at radius 2 is 1.62 bits per heavy atom. The van der Waals surface area contributed by atoms with Crippen molar-refractivity contribution in [2.45, 2.75) is 30.6 Å². The van der Waals surface area contributed by atoms with Gasteiger partial charge in [0.2, 0.25) is 0 Å². The molecule has 0 radical (unpaired) electrons. The lowest BCUT2D eigenvalue weighted by molar-refractivity contribution is 0.0712. The predicted molar refractivity (Wildman–Crippen MR) is 123 cm³/mol. The van der Waals surface area contributed by atoms with Crippen molar-refractivity contribution in [2.24, 2.45) is 0 Å². The van der Waals surface area contributed by atoms with Crippen molar-refractivity contribution in [1.29, 1.82) is 0 Å². The number of amides is 1. The smallest absolute Gasteiger partial charge is 0.262 e. The van der Waals surface area contributed by atoms with E-state index in [1.165, 1.54) is 35.9 Å². The van der Waals surface area contributed by atoms with E-state index in [1.54, 1.807) is 24.0 Å². The maximum absolute atomic E-state index is 13.9. The van der Waals surface area contributed by atoms with Crippen molar-refractivity contribution < 1.29 is 17.6 Å². The number of hydrogen-bond acceptors (Lipinski definition) is 3. The minimum Gasteiger partial charge on any atom is -0.339 e. The third-order valence-corrected chi connectivity index (χ3v) is 7.28. The number of carbonyl (C=O) groups is 1. The summed E-state index contributed by atoms with van der Waals surface area (Å²) in [5, 5.41) is 0. The van der Waals surface area contributed by atoms with Gasteiger partial charge < -0.3 is 4.90 Å². The molecule has 1 aliphatic heterocycles. The van der Waals surface area contributed by atoms with E-state index in [9.17, 15) is 17.6 Å². The Labute approximate surface area is 187 Å². The Hall–Kier alpha value is -3.19. The monoisotopic (exact) mass is 452 g/mol. The second-order valence-corrected chi connectivity index (χ2v) is 9.72. The number of likely N-dealkylation sites (tertiary alicyclic amines) is 1. The second-order valence-electron chi connectivity index (χ2n) is 8.04. The van der Waals surface area contributed by atoms with Crippen molar-refractivity contribution in [3.05, 3.63) is 95.3 Å². The second kappa shape index (κ2) is 9.12. The van der Waals surface area contributed by atoms with Crippen LogP contribution in [0.2, 0.25) is 0 Å². The third kappa shape index (κ3) is 4.67. The summed E-state index contributed by atoms with van der Waals surface area (Å²) in [5.41, 5.74) is 2.19. The first-order valence-corrected chi connectivity index (χ1v) is 12.1. The molecule has 4 rings (SSSR count). The quantitative estimate of drug-likeness (QED) is 0.595. The topological polar surface area (TPSA) is 66.5 Å². The summed E-state index contributed by atoms with van der Waals surface area (Å²) in [7, 11) is -4.04. The Kier molecular flexibility index (Phi) is 6.28. The molecule has 0 saturated carbocycles. The molecule has 0 unspecified atom stereocenters. The SMILES string of the molecule is Cc1ccc(S(=O)(=O)Nc2ccccc2F)cc1C(=O)N1CCC(c2ccccc2)CC1. The van der Waals surface area contributed by atoms with Crippen LogP contribution in [-0.2, 0) is 10.0 Å². The van der Waals surface area contributed by atoms with Gasteiger partial charge in [-0.05, 0) is 61.1 Å². The van der Waals surface area contributed by atoms with Crippen molar-refractivity contribution in [3.63, 3.8) is 0 Å². The molecule has 0 spiro atoms. The molecule has 7 heteroatoms. The molecule has 0 atom stereocenters. The number of piperidine rings is 1. The van der Waals surface area contributed by atoms with E-state index in [4.69, 9.17) is 0 Å². The standard InChI is InChI=1S/C25H25FN2O3S/c1-18-11-12-21(32(30,31)27-24-10-6-5-9-23(24)26)17-22(18)25(29)28-15-13-20(14-16-28)19-7-3-2-4-8-19/h2-12,17,20,27H,13-16H2,1H3. The van der Waals surface area contributed by atoms with Crippen LogP contribution in [0.3, 0.4) is 0 Å². The van der Waals surface area contributed by atoms with Crippen LogP contribution in [0.1, 0.15) is 40.2 Å². The zero-order valence-corrected chi connectivity index (χ0v) is 18.6. The maximum Gasteiger partial charge on any atom is 0.262 e. The minimum atomic E-state index is -4.04. The number of carbonyl (C=O) groups excluding carboxylic acids is 1. The van der Waals surface area contributed by atoms with Crippen molar-refractivity contribution in [2.75, 3.05) is 17.8 Å². The van der Waals surface area contributed by atoms with E-state index in [1.807, 2.05) is 18.2 Å². The first-order chi connectivity index (χ1) is 15.3. The van der Waals surface area contributed by atoms with E-state index in [2.05, 4.69) is 16.9 Å². The fraction of sp³-hybridized carbons (Fsp3) is 0.240. The summed E-state index contributed by atoms with van der Waals surface area (Å²) < 4.78 is 41.8. The van der Waals surface area contributed by atoms with Crippen LogP contribution in [0.15, 0.2) is 77.7 Å². The molecule has 0 aromatic heterocycles. The molecule has 1 fully saturated rings. The van der Waals surface area contributed by atoms with E-state index < -0.39 is 15.8 Å². The maximum atomic E-state index is 13.9. The molecule has 166 valence electrons. The number of nitrogens with zero attached hydrogens (tertiary/aromatic N) is 1. The van der Waals surface area contributed by atoms with Gasteiger partial charge in [-0.25, -0.2) is 12.8 Å². The summed E-state index contributed by atoms with van der Waals surface area (Å²) in [4.78, 5) is 14.9. The van der Waals surface area contributed by atoms with Crippen LogP contribution in [-0.4, -0.2) is 32.3 Å². The van der Waals surface area contributed by atoms with Gasteiger partial charge in [-0.1, -0.05) is 48.5 Å². The molecular formula is C25H25FN2O3S. The van der Waals surface area contributed by atoms with Gasteiger partial charge in [-0.15, -0.1) is 0 Å². The molecule has 1 amide bonds. The van der Waals surface area contributed by atoms with E-state index in [0.29, 0.717) is 30.1 Å². The summed E-state index contributed by atoms with van der Waals surface area (Å²) >= 11 is 0. The summed E-state index contributed by atoms with van der Waals surface area (Å²) in [6.07, 6.45) is 1.73. The Balaban J connectivity index is 1.51. The summed E-state index contributed by atoms with van der Waals surface area (Å²) in [6.45, 7) is 3.01. The first-order valence-electron chi connectivity index (χ1n) is 10.6. The molecular weight excluding hydrogens is 427 g/mol. The van der Waals surface area contributed by atoms with Crippen LogP contribution in [0.4, 0.5) is 10.1 Å². The van der Waals surface area contributed by atoms with Crippen molar-refractivity contribution in [1.82, 2.24) is 4.90 Å². The van der Waals surface area contributed by atoms with Gasteiger partial charge in [0.15, 0.2) is 0 Å². The predicted octanol–water partition coefficient (Wildman–Crippen LogP) is 4.95. The number of aryl methyl sites for hydroxylation is 1. The van der Waals surface area contributed by atoms with Crippen LogP contribution in [0.25, 0.3) is 0 Å². The molecule has 3 aromatic rings. The number of rotatable bonds is 5. The largest absolute Gasteiger partial charge is 0.339 e. The fourth-order valence-corrected chi connectivity index (χ4v) is 5.15. The molecule has 5 nitrogen and oxygen atoms in total. The Morgan fingerprint density at radius 3 is 2.31 bits per heavy atom. The number of sulfonamides is 1. The summed E-state index contributed by atoms with van der Waals surface area (Å²) in [6, 6.07) is 20.3. The molecule has 0 bridgehead atoms. The molecule has 1 heterocycles. The lowest BCUT2D eigenvalue weighted by Gasteiger charge is -2.32. The molecule has 1 N–H and O–H groups in total. The number of halogens is 1. The molecule has 1 saturated heterocycles. The first kappa shape index (κ1) is 22.0. The van der Waals surface area contributed by atoms with Gasteiger partial charge >= 0.3 is 0 Å². The zero-order valence-electron chi connectivity index (χ0n) is 17.8. The summed E-state index contributed by atoms with van der Waals surface area (Å²) in [5.74, 6) is -0.434. The van der Waals surface area contributed by atoms with Crippen molar-refractivity contribution in [3.8, 4) is 0 Å². The normalized spacial score (nSPS) is 14.9. The van der Waals surface area contributed by atoms with Gasteiger partial charge in [0, 0.05) is 18.7 Å². The number of para-hydroxylation sites is 1. The van der Waals surface area contributed by atoms with Crippen LogP contribution in [0.5, 0.6) is 0 Å². The van der Waals surface area contributed by atoms with Crippen LogP contribution >= 0.6 is 0 Å². The average molecular weight is 453 g/mol. The van der Waals surface area contributed by atoms with Crippen LogP contribution < -0.4 is 4.72 Å². The van der Waals surface area contributed by atoms with Gasteiger partial charge in [-0.3, -0.25) is 9.52 Å². The lowest BCUT2D eigenvalue weighted by atomic mass is 9.89. The van der Waals surface area contributed by atoms with Crippen molar-refractivity contribution >= 4 is 21.6 Å². The van der Waals surface area contributed by atoms with Gasteiger partial charge in [0.25, 0.3) is 15.9 Å². The lowest BCUT2D eigenvalue weighted by Crippen LogP contribution is -2.38. The highest BCUT2D eigenvalue weighted by atomic mass is 32.2. The number of nitrogens with one attached hydrogen (secondary N) is 1. The average Bonchev–Trinajstić information content (AvgIpc) is 2.81. The number of anilines is 1. The zero-order chi connectivity index (χ0) is 22.7. The highest BCUT2D eigenvalue weighted by molar-refractivity contribution is 7.92. The molecule has 3 aromatic carbocycles. The number of hydrogen-bond donors (Lipinski definition) is 1. The molecule has 32 heavy (non-hydrogen) atoms. The van der Waals surface area contributed by atoms with Gasteiger partial charge in [0.05, 0.1) is 10.6 Å². The molecule has 1 aliphatic rings. The highest BCUT2D eigenvalue weighted by Crippen LogP contribution is 2.29. The molecule has 0 aliphatic carbocycles. The van der Waals surface area contributed by atoms with E-state index >= 15 is 0 Å². The Morgan fingerprint density at radius 1 is 0.969 bits per heavy atom. The van der Waals surface area contributed by atoms with Gasteiger partial charge in [0.1, 0.15) is 5.82 Å². The Bertz CT molecular complexity index is 1220. The highest BCUT2D eigenvalue weighted by Gasteiger charge is 2.26. The third-order valence-electron chi connectivity index (χ3n) is 5.92. The van der Waals surface area contributed by atoms with E-state index in [-0.39, 0.29) is 16.5 Å². The van der Waals surface area contributed by atoms with E-state index in [0.717, 1.165) is 12.8 Å².